The van der Waals surface area contributed by atoms with Gasteiger partial charge in [-0.25, -0.2) is 0 Å². The SMILES string of the molecule is CCCCCCC(C)C(C)(CCCCCC)P(=O)([O-])[O-].CCCCCCC(C)C(C)(CCCCCC)P(=O)([O-])[O-].CCCCCCC(C)C(C)(CCCCCC)P(=O)([O-])[O-].[Nd+3].[Nd+3]. The molecule has 0 aliphatic heterocycles. The second kappa shape index (κ2) is 41.9. The van der Waals surface area contributed by atoms with E-state index in [1.807, 2.05) is 20.8 Å². The molecule has 0 fully saturated rings. The Morgan fingerprint density at radius 3 is 0.629 bits per heavy atom. The topological polar surface area (TPSA) is 190 Å². The van der Waals surface area contributed by atoms with Gasteiger partial charge in [-0.2, -0.15) is 0 Å². The van der Waals surface area contributed by atoms with E-state index in [1.165, 1.54) is 38.5 Å². The molecule has 0 aromatic heterocycles. The predicted molar refractivity (Wildman–Crippen MR) is 248 cm³/mol. The molecule has 0 saturated heterocycles. The molecule has 62 heavy (non-hydrogen) atoms. The molecule has 0 amide bonds. The average molecular weight is 1200 g/mol. The van der Waals surface area contributed by atoms with E-state index in [-0.39, 0.29) is 99.4 Å². The van der Waals surface area contributed by atoms with Crippen LogP contribution in [0.4, 0.5) is 0 Å². The minimum atomic E-state index is -4.55. The fourth-order valence-corrected chi connectivity index (χ4v) is 11.6. The fraction of sp³-hybridized carbons (Fsp3) is 1.00. The van der Waals surface area contributed by atoms with Crippen LogP contribution in [0.5, 0.6) is 0 Å². The van der Waals surface area contributed by atoms with E-state index in [9.17, 15) is 43.1 Å². The molecule has 0 bridgehead atoms. The maximum atomic E-state index is 11.7. The van der Waals surface area contributed by atoms with Gasteiger partial charge in [-0.1, -0.05) is 260 Å². The molecule has 0 aliphatic rings. The third kappa shape index (κ3) is 32.1. The Morgan fingerprint density at radius 1 is 0.323 bits per heavy atom. The number of rotatable bonds is 36. The van der Waals surface area contributed by atoms with Gasteiger partial charge in [0.15, 0.2) is 0 Å². The zero-order chi connectivity index (χ0) is 46.9. The molecule has 368 valence electrons. The first kappa shape index (κ1) is 74.1. The first-order chi connectivity index (χ1) is 27.9. The van der Waals surface area contributed by atoms with E-state index in [0.717, 1.165) is 135 Å². The summed E-state index contributed by atoms with van der Waals surface area (Å²) >= 11 is 0. The molecule has 14 heteroatoms. The minimum absolute atomic E-state index is 0. The molecular formula is C48H99Nd2O9P3. The van der Waals surface area contributed by atoms with E-state index in [1.54, 1.807) is 20.8 Å². The Bertz CT molecular complexity index is 1010. The monoisotopic (exact) mass is 1200 g/mol. The van der Waals surface area contributed by atoms with Crippen LogP contribution in [0.25, 0.3) is 0 Å². The first-order valence-corrected chi connectivity index (χ1v) is 29.6. The van der Waals surface area contributed by atoms with Crippen LogP contribution in [0.2, 0.25) is 0 Å². The Hall–Kier alpha value is 3.15. The Morgan fingerprint density at radius 2 is 0.484 bits per heavy atom. The van der Waals surface area contributed by atoms with Gasteiger partial charge in [0.2, 0.25) is 0 Å². The summed E-state index contributed by atoms with van der Waals surface area (Å²) < 4.78 is 35.2. The van der Waals surface area contributed by atoms with Crippen LogP contribution in [0.3, 0.4) is 0 Å². The molecule has 0 aromatic carbocycles. The molecule has 0 heterocycles. The number of unbranched alkanes of at least 4 members (excludes halogenated alkanes) is 18. The van der Waals surface area contributed by atoms with E-state index >= 15 is 0 Å². The van der Waals surface area contributed by atoms with E-state index < -0.39 is 38.3 Å². The Kier molecular flexibility index (Phi) is 50.1. The molecule has 6 atom stereocenters. The fourth-order valence-electron chi connectivity index (χ4n) is 8.25. The summed E-state index contributed by atoms with van der Waals surface area (Å²) in [6.45, 7) is 23.7. The van der Waals surface area contributed by atoms with Crippen LogP contribution in [-0.4, -0.2) is 15.5 Å². The predicted octanol–water partition coefficient (Wildman–Crippen LogP) is 12.7. The molecule has 0 rings (SSSR count). The summed E-state index contributed by atoms with van der Waals surface area (Å²) in [6, 6.07) is 0. The Labute approximate surface area is 451 Å². The minimum Gasteiger partial charge on any atom is -0.810 e. The maximum absolute atomic E-state index is 11.7. The van der Waals surface area contributed by atoms with E-state index in [4.69, 9.17) is 0 Å². The zero-order valence-electron chi connectivity index (χ0n) is 42.5. The van der Waals surface area contributed by atoms with Gasteiger partial charge in [0, 0.05) is 0 Å². The molecule has 0 saturated carbocycles. The van der Waals surface area contributed by atoms with Crippen LogP contribution >= 0.6 is 22.8 Å². The summed E-state index contributed by atoms with van der Waals surface area (Å²) in [5.41, 5.74) is 0. The van der Waals surface area contributed by atoms with Crippen LogP contribution < -0.4 is 29.4 Å². The number of hydrogen-bond acceptors (Lipinski definition) is 9. The van der Waals surface area contributed by atoms with Gasteiger partial charge in [-0.05, 0) is 71.7 Å². The van der Waals surface area contributed by atoms with Crippen molar-refractivity contribution in [3.05, 3.63) is 0 Å². The standard InChI is InChI=1S/3C16H35O3P.2Nd/c3*1-5-7-9-11-13-15(3)16(4,20(17,18)19)14-12-10-8-6-2;;/h3*15H,5-14H2,1-4H3,(H2,17,18,19);;/q;;;2*+3/p-6. The van der Waals surface area contributed by atoms with Crippen LogP contribution in [-0.2, 0) is 13.7 Å². The first-order valence-electron chi connectivity index (χ1n) is 24.9. The van der Waals surface area contributed by atoms with Crippen molar-refractivity contribution in [3.63, 3.8) is 0 Å². The molecule has 0 aromatic rings. The summed E-state index contributed by atoms with van der Waals surface area (Å²) in [6.07, 6.45) is 30.0. The number of hydrogen-bond donors (Lipinski definition) is 0. The van der Waals surface area contributed by atoms with Gasteiger partial charge in [0.1, 0.15) is 0 Å². The zero-order valence-corrected chi connectivity index (χ0v) is 51.6. The van der Waals surface area contributed by atoms with Gasteiger partial charge < -0.3 is 43.1 Å². The van der Waals surface area contributed by atoms with Gasteiger partial charge >= 0.3 is 81.7 Å². The van der Waals surface area contributed by atoms with Gasteiger partial charge in [-0.15, -0.1) is 0 Å². The van der Waals surface area contributed by atoms with Crippen molar-refractivity contribution in [2.45, 2.75) is 291 Å². The quantitative estimate of drug-likeness (QED) is 0.0434. The summed E-state index contributed by atoms with van der Waals surface area (Å²) in [5, 5.41) is -3.19. The van der Waals surface area contributed by atoms with Crippen molar-refractivity contribution in [2.75, 3.05) is 0 Å². The van der Waals surface area contributed by atoms with Crippen molar-refractivity contribution >= 4 is 22.8 Å². The second-order valence-corrected chi connectivity index (χ2v) is 25.3. The normalized spacial score (nSPS) is 16.4. The van der Waals surface area contributed by atoms with Crippen molar-refractivity contribution < 1.29 is 125 Å². The average Bonchev–Trinajstić information content (AvgIpc) is 3.17. The summed E-state index contributed by atoms with van der Waals surface area (Å²) in [7, 11) is -13.6. The summed E-state index contributed by atoms with van der Waals surface area (Å²) in [5.74, 6) is -0.120. The molecule has 2 radical (unpaired) electrons. The van der Waals surface area contributed by atoms with Gasteiger partial charge in [0.05, 0.1) is 0 Å². The largest absolute Gasteiger partial charge is 3.00 e. The van der Waals surface area contributed by atoms with Gasteiger partial charge in [0.25, 0.3) is 0 Å². The smallest absolute Gasteiger partial charge is 0.810 e. The van der Waals surface area contributed by atoms with Crippen LogP contribution in [0.15, 0.2) is 0 Å². The third-order valence-electron chi connectivity index (χ3n) is 14.1. The molecule has 0 N–H and O–H groups in total. The Balaban J connectivity index is -0.000000258. The van der Waals surface area contributed by atoms with Gasteiger partial charge in [-0.3, -0.25) is 0 Å². The van der Waals surface area contributed by atoms with Crippen molar-refractivity contribution in [2.24, 2.45) is 17.8 Å². The van der Waals surface area contributed by atoms with Crippen LogP contribution in [0, 0.1) is 99.4 Å². The molecule has 0 aliphatic carbocycles. The van der Waals surface area contributed by atoms with E-state index in [0.29, 0.717) is 19.3 Å². The second-order valence-electron chi connectivity index (χ2n) is 19.2. The van der Waals surface area contributed by atoms with Crippen molar-refractivity contribution in [1.29, 1.82) is 0 Å². The van der Waals surface area contributed by atoms with E-state index in [2.05, 4.69) is 41.5 Å². The van der Waals surface area contributed by atoms with Crippen LogP contribution in [0.1, 0.15) is 276 Å². The third-order valence-corrected chi connectivity index (χ3v) is 19.9. The molecule has 0 spiro atoms. The molecule has 6 unspecified atom stereocenters. The summed E-state index contributed by atoms with van der Waals surface area (Å²) in [4.78, 5) is 70.3. The van der Waals surface area contributed by atoms with Crippen molar-refractivity contribution in [1.82, 2.24) is 0 Å². The molecular weight excluding hydrogens is 1100 g/mol. The molecule has 9 nitrogen and oxygen atoms in total. The maximum Gasteiger partial charge on any atom is 3.00 e. The van der Waals surface area contributed by atoms with Crippen molar-refractivity contribution in [3.8, 4) is 0 Å².